The number of benzene rings is 1. The van der Waals surface area contributed by atoms with E-state index < -0.39 is 6.10 Å². The van der Waals surface area contributed by atoms with Gasteiger partial charge in [-0.05, 0) is 30.7 Å². The van der Waals surface area contributed by atoms with Crippen molar-refractivity contribution in [3.8, 4) is 0 Å². The molecule has 0 heterocycles. The van der Waals surface area contributed by atoms with Gasteiger partial charge in [-0.15, -0.1) is 11.8 Å². The van der Waals surface area contributed by atoms with E-state index in [-0.39, 0.29) is 6.61 Å². The minimum absolute atomic E-state index is 0.187. The highest BCUT2D eigenvalue weighted by atomic mass is 79.9. The first kappa shape index (κ1) is 16.0. The van der Waals surface area contributed by atoms with Crippen LogP contribution in [-0.2, 0) is 6.54 Å². The molecule has 5 heteroatoms. The Morgan fingerprint density at radius 2 is 2.22 bits per heavy atom. The predicted molar refractivity (Wildman–Crippen MR) is 80.0 cm³/mol. The molecule has 0 saturated carbocycles. The van der Waals surface area contributed by atoms with Gasteiger partial charge in [0.2, 0.25) is 0 Å². The van der Waals surface area contributed by atoms with Crippen molar-refractivity contribution in [2.24, 2.45) is 0 Å². The number of hydrogen-bond donors (Lipinski definition) is 3. The number of aliphatic hydroxyl groups is 2. The van der Waals surface area contributed by atoms with Crippen LogP contribution in [0, 0.1) is 0 Å². The Hall–Kier alpha value is -0.0700. The average molecular weight is 334 g/mol. The summed E-state index contributed by atoms with van der Waals surface area (Å²) in [5.74, 6) is 0.510. The van der Waals surface area contributed by atoms with E-state index in [9.17, 15) is 5.11 Å². The molecule has 102 valence electrons. The zero-order valence-electron chi connectivity index (χ0n) is 10.5. The standard InChI is InChI=1S/C13H20BrNO2S/c1-2-5-15-7-10-3-4-12(6-13(10)14)18-9-11(17)8-16/h3-4,6,11,15-17H,2,5,7-9H2,1H3. The second-order valence-corrected chi connectivity index (χ2v) is 6.03. The van der Waals surface area contributed by atoms with Gasteiger partial charge in [-0.3, -0.25) is 0 Å². The quantitative estimate of drug-likeness (QED) is 0.505. The van der Waals surface area contributed by atoms with Gasteiger partial charge in [0.15, 0.2) is 0 Å². The van der Waals surface area contributed by atoms with E-state index in [1.165, 1.54) is 5.56 Å². The zero-order chi connectivity index (χ0) is 13.4. The lowest BCUT2D eigenvalue weighted by Gasteiger charge is -2.10. The van der Waals surface area contributed by atoms with Crippen molar-refractivity contribution in [2.45, 2.75) is 30.9 Å². The van der Waals surface area contributed by atoms with Gasteiger partial charge in [-0.25, -0.2) is 0 Å². The topological polar surface area (TPSA) is 52.5 Å². The third kappa shape index (κ3) is 5.71. The maximum absolute atomic E-state index is 9.29. The fourth-order valence-corrected chi connectivity index (χ4v) is 2.93. The Kier molecular flexibility index (Phi) is 7.93. The van der Waals surface area contributed by atoms with Crippen molar-refractivity contribution in [1.29, 1.82) is 0 Å². The van der Waals surface area contributed by atoms with Crippen molar-refractivity contribution in [2.75, 3.05) is 18.9 Å². The molecule has 0 spiro atoms. The number of hydrogen-bond acceptors (Lipinski definition) is 4. The van der Waals surface area contributed by atoms with E-state index in [1.807, 2.05) is 6.07 Å². The summed E-state index contributed by atoms with van der Waals surface area (Å²) in [6.45, 7) is 3.84. The largest absolute Gasteiger partial charge is 0.394 e. The number of rotatable bonds is 8. The van der Waals surface area contributed by atoms with Gasteiger partial charge < -0.3 is 15.5 Å². The van der Waals surface area contributed by atoms with E-state index in [0.29, 0.717) is 5.75 Å². The summed E-state index contributed by atoms with van der Waals surface area (Å²) in [5, 5.41) is 21.4. The Morgan fingerprint density at radius 3 is 2.83 bits per heavy atom. The number of thioether (sulfide) groups is 1. The SMILES string of the molecule is CCCNCc1ccc(SCC(O)CO)cc1Br. The lowest BCUT2D eigenvalue weighted by atomic mass is 10.2. The molecule has 0 aliphatic heterocycles. The van der Waals surface area contributed by atoms with Crippen LogP contribution in [0.2, 0.25) is 0 Å². The summed E-state index contributed by atoms with van der Waals surface area (Å²) in [6.07, 6.45) is 0.476. The van der Waals surface area contributed by atoms with Gasteiger partial charge >= 0.3 is 0 Å². The number of nitrogens with one attached hydrogen (secondary N) is 1. The molecule has 0 aromatic heterocycles. The predicted octanol–water partition coefficient (Wildman–Crippen LogP) is 2.39. The molecule has 0 aliphatic carbocycles. The molecule has 0 fully saturated rings. The lowest BCUT2D eigenvalue weighted by Crippen LogP contribution is -2.15. The Balaban J connectivity index is 2.50. The monoisotopic (exact) mass is 333 g/mol. The number of aliphatic hydroxyl groups excluding tert-OH is 2. The van der Waals surface area contributed by atoms with Gasteiger partial charge in [-0.2, -0.15) is 0 Å². The second-order valence-electron chi connectivity index (χ2n) is 4.08. The van der Waals surface area contributed by atoms with Crippen LogP contribution in [0.4, 0.5) is 0 Å². The molecule has 3 nitrogen and oxygen atoms in total. The summed E-state index contributed by atoms with van der Waals surface area (Å²) in [7, 11) is 0. The highest BCUT2D eigenvalue weighted by molar-refractivity contribution is 9.10. The van der Waals surface area contributed by atoms with Gasteiger partial charge in [0.1, 0.15) is 0 Å². The van der Waals surface area contributed by atoms with Crippen LogP contribution < -0.4 is 5.32 Å². The zero-order valence-corrected chi connectivity index (χ0v) is 12.9. The molecular formula is C13H20BrNO2S. The first-order chi connectivity index (χ1) is 8.67. The van der Waals surface area contributed by atoms with Gasteiger partial charge in [0.25, 0.3) is 0 Å². The smallest absolute Gasteiger partial charge is 0.0864 e. The molecule has 1 unspecified atom stereocenters. The summed E-state index contributed by atoms with van der Waals surface area (Å²) < 4.78 is 1.08. The summed E-state index contributed by atoms with van der Waals surface area (Å²) in [4.78, 5) is 1.09. The van der Waals surface area contributed by atoms with E-state index in [1.54, 1.807) is 11.8 Å². The molecule has 0 radical (unpaired) electrons. The molecular weight excluding hydrogens is 314 g/mol. The van der Waals surface area contributed by atoms with Crippen LogP contribution in [0.25, 0.3) is 0 Å². The third-order valence-corrected chi connectivity index (χ3v) is 4.30. The second kappa shape index (κ2) is 8.93. The van der Waals surface area contributed by atoms with Crippen LogP contribution >= 0.6 is 27.7 Å². The minimum atomic E-state index is -0.653. The van der Waals surface area contributed by atoms with Crippen molar-refractivity contribution < 1.29 is 10.2 Å². The maximum atomic E-state index is 9.29. The van der Waals surface area contributed by atoms with Crippen LogP contribution in [0.5, 0.6) is 0 Å². The van der Waals surface area contributed by atoms with Crippen molar-refractivity contribution in [3.63, 3.8) is 0 Å². The summed E-state index contributed by atoms with van der Waals surface area (Å²) >= 11 is 5.10. The molecule has 18 heavy (non-hydrogen) atoms. The Labute approximate surface area is 121 Å². The molecule has 0 amide bonds. The van der Waals surface area contributed by atoms with Crippen LogP contribution in [0.3, 0.4) is 0 Å². The summed E-state index contributed by atoms with van der Waals surface area (Å²) in [5.41, 5.74) is 1.23. The third-order valence-electron chi connectivity index (χ3n) is 2.42. The first-order valence-corrected chi connectivity index (χ1v) is 7.86. The van der Waals surface area contributed by atoms with Crippen LogP contribution in [-0.4, -0.2) is 35.2 Å². The molecule has 1 rings (SSSR count). The van der Waals surface area contributed by atoms with Crippen molar-refractivity contribution in [3.05, 3.63) is 28.2 Å². The van der Waals surface area contributed by atoms with Crippen LogP contribution in [0.15, 0.2) is 27.6 Å². The summed E-state index contributed by atoms with van der Waals surface area (Å²) in [6, 6.07) is 6.18. The maximum Gasteiger partial charge on any atom is 0.0864 e. The molecule has 3 N–H and O–H groups in total. The fourth-order valence-electron chi connectivity index (χ4n) is 1.41. The highest BCUT2D eigenvalue weighted by Crippen LogP contribution is 2.25. The normalized spacial score (nSPS) is 12.7. The van der Waals surface area contributed by atoms with Gasteiger partial charge in [0.05, 0.1) is 12.7 Å². The first-order valence-electron chi connectivity index (χ1n) is 6.08. The van der Waals surface area contributed by atoms with Gasteiger partial charge in [-0.1, -0.05) is 28.9 Å². The van der Waals surface area contributed by atoms with E-state index >= 15 is 0 Å². The van der Waals surface area contributed by atoms with Crippen molar-refractivity contribution >= 4 is 27.7 Å². The average Bonchev–Trinajstić information content (AvgIpc) is 2.38. The van der Waals surface area contributed by atoms with E-state index in [2.05, 4.69) is 40.3 Å². The number of halogens is 1. The molecule has 0 bridgehead atoms. The van der Waals surface area contributed by atoms with Crippen molar-refractivity contribution in [1.82, 2.24) is 5.32 Å². The Bertz CT molecular complexity index is 363. The van der Waals surface area contributed by atoms with Gasteiger partial charge in [0, 0.05) is 21.7 Å². The molecule has 1 aromatic rings. The van der Waals surface area contributed by atoms with E-state index in [4.69, 9.17) is 5.11 Å². The molecule has 0 aliphatic rings. The van der Waals surface area contributed by atoms with Crippen LogP contribution in [0.1, 0.15) is 18.9 Å². The Morgan fingerprint density at radius 1 is 1.44 bits per heavy atom. The highest BCUT2D eigenvalue weighted by Gasteiger charge is 2.05. The lowest BCUT2D eigenvalue weighted by molar-refractivity contribution is 0.113. The van der Waals surface area contributed by atoms with E-state index in [0.717, 1.165) is 28.9 Å². The molecule has 0 saturated heterocycles. The molecule has 1 aromatic carbocycles. The fraction of sp³-hybridized carbons (Fsp3) is 0.538. The minimum Gasteiger partial charge on any atom is -0.394 e. The molecule has 1 atom stereocenters.